The summed E-state index contributed by atoms with van der Waals surface area (Å²) in [4.78, 5) is 11.5. The Hall–Kier alpha value is -2.49. The molecule has 0 spiro atoms. The van der Waals surface area contributed by atoms with Gasteiger partial charge in [-0.3, -0.25) is 4.79 Å². The molecule has 2 rings (SSSR count). The van der Waals surface area contributed by atoms with Crippen LogP contribution >= 0.6 is 0 Å². The lowest BCUT2D eigenvalue weighted by Crippen LogP contribution is -2.12. The first kappa shape index (κ1) is 14.9. The molecule has 0 aromatic heterocycles. The van der Waals surface area contributed by atoms with Crippen molar-refractivity contribution in [3.05, 3.63) is 59.7 Å². The number of hydrogen-bond donors (Lipinski definition) is 2. The van der Waals surface area contributed by atoms with Gasteiger partial charge in [-0.05, 0) is 36.1 Å². The standard InChI is InChI=1S/C17H18O4/c1-21-16-11-13(8-10-15(16)18)14(17(19)20)9-7-12-5-3-2-4-6-12/h2-6,8,10-11,14,18H,7,9H2,1H3,(H,19,20). The number of aliphatic carboxylic acids is 1. The van der Waals surface area contributed by atoms with Crippen molar-refractivity contribution in [2.45, 2.75) is 18.8 Å². The van der Waals surface area contributed by atoms with Crippen molar-refractivity contribution in [2.75, 3.05) is 7.11 Å². The van der Waals surface area contributed by atoms with Crippen LogP contribution in [-0.2, 0) is 11.2 Å². The number of aromatic hydroxyl groups is 1. The maximum Gasteiger partial charge on any atom is 0.310 e. The lowest BCUT2D eigenvalue weighted by Gasteiger charge is -2.14. The molecule has 21 heavy (non-hydrogen) atoms. The maximum atomic E-state index is 11.5. The van der Waals surface area contributed by atoms with E-state index in [0.29, 0.717) is 24.2 Å². The quantitative estimate of drug-likeness (QED) is 0.855. The Balaban J connectivity index is 2.17. The van der Waals surface area contributed by atoms with Gasteiger partial charge in [0.05, 0.1) is 13.0 Å². The van der Waals surface area contributed by atoms with Crippen LogP contribution in [0.2, 0.25) is 0 Å². The highest BCUT2D eigenvalue weighted by Gasteiger charge is 2.21. The number of rotatable bonds is 6. The third-order valence-electron chi connectivity index (χ3n) is 3.47. The van der Waals surface area contributed by atoms with Gasteiger partial charge in [0.1, 0.15) is 0 Å². The van der Waals surface area contributed by atoms with Gasteiger partial charge < -0.3 is 14.9 Å². The summed E-state index contributed by atoms with van der Waals surface area (Å²) in [6.45, 7) is 0. The van der Waals surface area contributed by atoms with Crippen LogP contribution in [0, 0.1) is 0 Å². The number of hydrogen-bond acceptors (Lipinski definition) is 3. The van der Waals surface area contributed by atoms with Gasteiger partial charge in [0.15, 0.2) is 11.5 Å². The highest BCUT2D eigenvalue weighted by atomic mass is 16.5. The van der Waals surface area contributed by atoms with E-state index in [2.05, 4.69) is 0 Å². The van der Waals surface area contributed by atoms with E-state index in [-0.39, 0.29) is 5.75 Å². The van der Waals surface area contributed by atoms with E-state index in [9.17, 15) is 15.0 Å². The fourth-order valence-electron chi connectivity index (χ4n) is 2.30. The second-order valence-corrected chi connectivity index (χ2v) is 4.85. The summed E-state index contributed by atoms with van der Waals surface area (Å²) in [6, 6.07) is 14.5. The number of phenols is 1. The van der Waals surface area contributed by atoms with Crippen LogP contribution in [0.15, 0.2) is 48.5 Å². The minimum Gasteiger partial charge on any atom is -0.504 e. The summed E-state index contributed by atoms with van der Waals surface area (Å²) >= 11 is 0. The number of carboxylic acids is 1. The molecule has 0 heterocycles. The number of aryl methyl sites for hydroxylation is 1. The van der Waals surface area contributed by atoms with Gasteiger partial charge in [-0.1, -0.05) is 36.4 Å². The van der Waals surface area contributed by atoms with Crippen molar-refractivity contribution < 1.29 is 19.7 Å². The minimum absolute atomic E-state index is 0.00782. The fourth-order valence-corrected chi connectivity index (χ4v) is 2.30. The van der Waals surface area contributed by atoms with Gasteiger partial charge >= 0.3 is 5.97 Å². The van der Waals surface area contributed by atoms with Crippen molar-refractivity contribution in [1.82, 2.24) is 0 Å². The average molecular weight is 286 g/mol. The largest absolute Gasteiger partial charge is 0.504 e. The molecule has 1 unspecified atom stereocenters. The molecule has 0 saturated heterocycles. The van der Waals surface area contributed by atoms with E-state index in [1.165, 1.54) is 13.2 Å². The number of benzene rings is 2. The lowest BCUT2D eigenvalue weighted by molar-refractivity contribution is -0.138. The van der Waals surface area contributed by atoms with Gasteiger partial charge in [-0.2, -0.15) is 0 Å². The first-order valence-corrected chi connectivity index (χ1v) is 6.75. The summed E-state index contributed by atoms with van der Waals surface area (Å²) in [5.41, 5.74) is 1.74. The summed E-state index contributed by atoms with van der Waals surface area (Å²) in [7, 11) is 1.44. The molecule has 0 saturated carbocycles. The van der Waals surface area contributed by atoms with Crippen molar-refractivity contribution in [3.8, 4) is 11.5 Å². The van der Waals surface area contributed by atoms with Gasteiger partial charge in [0.25, 0.3) is 0 Å². The number of methoxy groups -OCH3 is 1. The Morgan fingerprint density at radius 1 is 1.19 bits per heavy atom. The number of phenolic OH excluding ortho intramolecular Hbond substituents is 1. The van der Waals surface area contributed by atoms with E-state index >= 15 is 0 Å². The predicted molar refractivity (Wildman–Crippen MR) is 79.8 cm³/mol. The first-order valence-electron chi connectivity index (χ1n) is 6.75. The van der Waals surface area contributed by atoms with Crippen LogP contribution in [0.25, 0.3) is 0 Å². The van der Waals surface area contributed by atoms with Crippen molar-refractivity contribution >= 4 is 5.97 Å². The average Bonchev–Trinajstić information content (AvgIpc) is 2.49. The van der Waals surface area contributed by atoms with Crippen molar-refractivity contribution in [3.63, 3.8) is 0 Å². The van der Waals surface area contributed by atoms with E-state index in [1.807, 2.05) is 30.3 Å². The predicted octanol–water partition coefficient (Wildman–Crippen LogP) is 3.20. The second kappa shape index (κ2) is 6.79. The molecule has 0 radical (unpaired) electrons. The Bertz CT molecular complexity index is 607. The SMILES string of the molecule is COc1cc(C(CCc2ccccc2)C(=O)O)ccc1O. The summed E-state index contributed by atoms with van der Waals surface area (Å²) in [5, 5.41) is 19.0. The van der Waals surface area contributed by atoms with Gasteiger partial charge in [-0.25, -0.2) is 0 Å². The molecule has 1 atom stereocenters. The number of carbonyl (C=O) groups is 1. The van der Waals surface area contributed by atoms with Crippen molar-refractivity contribution in [1.29, 1.82) is 0 Å². The van der Waals surface area contributed by atoms with Crippen LogP contribution in [-0.4, -0.2) is 23.3 Å². The highest BCUT2D eigenvalue weighted by Crippen LogP contribution is 2.31. The van der Waals surface area contributed by atoms with Crippen LogP contribution in [0.4, 0.5) is 0 Å². The maximum absolute atomic E-state index is 11.5. The Kier molecular flexibility index (Phi) is 4.82. The molecule has 2 N–H and O–H groups in total. The van der Waals surface area contributed by atoms with Crippen molar-refractivity contribution in [2.24, 2.45) is 0 Å². The molecule has 0 fully saturated rings. The molecule has 0 aliphatic rings. The Morgan fingerprint density at radius 3 is 2.52 bits per heavy atom. The second-order valence-electron chi connectivity index (χ2n) is 4.85. The molecule has 0 amide bonds. The van der Waals surface area contributed by atoms with Crippen LogP contribution in [0.1, 0.15) is 23.5 Å². The van der Waals surface area contributed by atoms with Gasteiger partial charge in [0.2, 0.25) is 0 Å². The normalized spacial score (nSPS) is 11.9. The highest BCUT2D eigenvalue weighted by molar-refractivity contribution is 5.76. The Labute approximate surface area is 123 Å². The molecule has 0 aliphatic carbocycles. The summed E-state index contributed by atoms with van der Waals surface area (Å²) in [6.07, 6.45) is 1.17. The number of carboxylic acid groups (broad SMARTS) is 1. The zero-order valence-electron chi connectivity index (χ0n) is 11.8. The molecule has 0 bridgehead atoms. The summed E-state index contributed by atoms with van der Waals surface area (Å²) in [5.74, 6) is -1.20. The monoisotopic (exact) mass is 286 g/mol. The topological polar surface area (TPSA) is 66.8 Å². The summed E-state index contributed by atoms with van der Waals surface area (Å²) < 4.78 is 5.04. The third-order valence-corrected chi connectivity index (χ3v) is 3.47. The van der Waals surface area contributed by atoms with Gasteiger partial charge in [0, 0.05) is 0 Å². The fraction of sp³-hybridized carbons (Fsp3) is 0.235. The third kappa shape index (κ3) is 3.75. The Morgan fingerprint density at radius 2 is 1.90 bits per heavy atom. The number of ether oxygens (including phenoxy) is 1. The van der Waals surface area contributed by atoms with E-state index < -0.39 is 11.9 Å². The zero-order chi connectivity index (χ0) is 15.2. The molecule has 110 valence electrons. The van der Waals surface area contributed by atoms with Crippen LogP contribution < -0.4 is 4.74 Å². The van der Waals surface area contributed by atoms with E-state index in [4.69, 9.17) is 4.74 Å². The first-order chi connectivity index (χ1) is 10.1. The molecule has 2 aromatic rings. The van der Waals surface area contributed by atoms with Gasteiger partial charge in [-0.15, -0.1) is 0 Å². The molecular formula is C17H18O4. The lowest BCUT2D eigenvalue weighted by atomic mass is 9.92. The van der Waals surface area contributed by atoms with E-state index in [1.54, 1.807) is 12.1 Å². The molecule has 4 nitrogen and oxygen atoms in total. The van der Waals surface area contributed by atoms with Crippen LogP contribution in [0.3, 0.4) is 0 Å². The molecule has 0 aliphatic heterocycles. The molecular weight excluding hydrogens is 268 g/mol. The zero-order valence-corrected chi connectivity index (χ0v) is 11.8. The molecule has 4 heteroatoms. The molecule has 2 aromatic carbocycles. The van der Waals surface area contributed by atoms with E-state index in [0.717, 1.165) is 5.56 Å². The minimum atomic E-state index is -0.876. The smallest absolute Gasteiger partial charge is 0.310 e. The van der Waals surface area contributed by atoms with Crippen LogP contribution in [0.5, 0.6) is 11.5 Å².